The number of hydrogen-bond acceptors (Lipinski definition) is 11. The number of morpholine rings is 1. The van der Waals surface area contributed by atoms with Gasteiger partial charge < -0.3 is 24.3 Å². The highest BCUT2D eigenvalue weighted by molar-refractivity contribution is 6.32. The standard InChI is InChI=1S/C36H50ClN9O4/c1-24-16-44(17-25(2)49-24)29-8-10-30(11-9-29)46-19-32(34(43-46)48-21-36(4,5)20-47-6)42-35-39-14-28(15-40-35)27-7-12-31(37)33(13-27)50-26(3)18-45-23-38-22-41-45/h7,12-15,19,22-26,29-30H,8-11,16-18,20-21H2,1-6H3,(H,39,40,42)/t24-,25+,26?,29?,30?. The van der Waals surface area contributed by atoms with Gasteiger partial charge in [0.05, 0.1) is 49.2 Å². The van der Waals surface area contributed by atoms with E-state index < -0.39 is 0 Å². The SMILES string of the molecule is COCC(C)(C)COc1nn(C2CCC(N3C[C@@H](C)O[C@@H](C)C3)CC2)cc1Nc1ncc(-c2ccc(Cl)c(OC(C)Cn3cncn3)c2)cn1. The van der Waals surface area contributed by atoms with E-state index in [2.05, 4.69) is 62.6 Å². The lowest BCUT2D eigenvalue weighted by Gasteiger charge is -2.42. The molecule has 0 radical (unpaired) electrons. The van der Waals surface area contributed by atoms with Crippen molar-refractivity contribution in [2.75, 3.05) is 38.7 Å². The minimum absolute atomic E-state index is 0.169. The molecule has 1 saturated heterocycles. The lowest BCUT2D eigenvalue weighted by atomic mass is 9.89. The minimum Gasteiger partial charge on any atom is -0.487 e. The summed E-state index contributed by atoms with van der Waals surface area (Å²) in [6.07, 6.45) is 13.5. The van der Waals surface area contributed by atoms with E-state index in [1.165, 1.54) is 6.33 Å². The van der Waals surface area contributed by atoms with E-state index in [4.69, 9.17) is 35.6 Å². The summed E-state index contributed by atoms with van der Waals surface area (Å²) in [5, 5.41) is 13.0. The number of nitrogens with one attached hydrogen (secondary N) is 1. The van der Waals surface area contributed by atoms with Gasteiger partial charge in [-0.05, 0) is 64.2 Å². The van der Waals surface area contributed by atoms with Crippen LogP contribution in [0.5, 0.6) is 11.6 Å². The van der Waals surface area contributed by atoms with Crippen LogP contribution in [0.3, 0.4) is 0 Å². The van der Waals surface area contributed by atoms with Gasteiger partial charge in [0.2, 0.25) is 5.95 Å². The van der Waals surface area contributed by atoms with Crippen molar-refractivity contribution < 1.29 is 18.9 Å². The maximum atomic E-state index is 6.49. The van der Waals surface area contributed by atoms with Crippen molar-refractivity contribution >= 4 is 23.2 Å². The molecule has 1 aliphatic heterocycles. The number of rotatable bonds is 14. The Morgan fingerprint density at radius 3 is 2.42 bits per heavy atom. The van der Waals surface area contributed by atoms with E-state index in [1.807, 2.05) is 31.3 Å². The lowest BCUT2D eigenvalue weighted by molar-refractivity contribution is -0.0852. The monoisotopic (exact) mass is 707 g/mol. The summed E-state index contributed by atoms with van der Waals surface area (Å²) >= 11 is 6.49. The first-order chi connectivity index (χ1) is 24.0. The van der Waals surface area contributed by atoms with Gasteiger partial charge in [-0.1, -0.05) is 31.5 Å². The molecule has 2 fully saturated rings. The quantitative estimate of drug-likeness (QED) is 0.156. The van der Waals surface area contributed by atoms with Crippen LogP contribution < -0.4 is 14.8 Å². The highest BCUT2D eigenvalue weighted by atomic mass is 35.5. The fourth-order valence-electron chi connectivity index (χ4n) is 6.93. The Hall–Kier alpha value is -3.78. The first kappa shape index (κ1) is 36.0. The molecule has 1 unspecified atom stereocenters. The Balaban J connectivity index is 1.14. The number of hydrogen-bond donors (Lipinski definition) is 1. The zero-order chi connectivity index (χ0) is 35.3. The van der Waals surface area contributed by atoms with E-state index in [9.17, 15) is 0 Å². The van der Waals surface area contributed by atoms with Gasteiger partial charge in [0.15, 0.2) is 0 Å². The van der Waals surface area contributed by atoms with Gasteiger partial charge in [0, 0.05) is 49.6 Å². The topological polar surface area (TPSA) is 127 Å². The third-order valence-corrected chi connectivity index (χ3v) is 9.55. The minimum atomic E-state index is -0.187. The Morgan fingerprint density at radius 2 is 1.74 bits per heavy atom. The van der Waals surface area contributed by atoms with Gasteiger partial charge >= 0.3 is 0 Å². The van der Waals surface area contributed by atoms with Gasteiger partial charge in [0.25, 0.3) is 5.88 Å². The molecule has 13 nitrogen and oxygen atoms in total. The molecule has 4 heterocycles. The fraction of sp³-hybridized carbons (Fsp3) is 0.583. The first-order valence-corrected chi connectivity index (χ1v) is 17.9. The van der Waals surface area contributed by atoms with Gasteiger partial charge in [0.1, 0.15) is 30.2 Å². The second-order valence-electron chi connectivity index (χ2n) is 14.5. The summed E-state index contributed by atoms with van der Waals surface area (Å²) in [4.78, 5) is 15.9. The van der Waals surface area contributed by atoms with Gasteiger partial charge in [-0.2, -0.15) is 5.10 Å². The molecule has 1 N–H and O–H groups in total. The molecule has 0 spiro atoms. The van der Waals surface area contributed by atoms with Gasteiger partial charge in [-0.25, -0.2) is 19.6 Å². The van der Waals surface area contributed by atoms with Crippen LogP contribution >= 0.6 is 11.6 Å². The molecular weight excluding hydrogens is 658 g/mol. The van der Waals surface area contributed by atoms with Crippen molar-refractivity contribution in [3.05, 3.63) is 54.5 Å². The van der Waals surface area contributed by atoms with Gasteiger partial charge in [-0.15, -0.1) is 5.10 Å². The van der Waals surface area contributed by atoms with Crippen LogP contribution in [-0.2, 0) is 16.0 Å². The van der Waals surface area contributed by atoms with E-state index in [0.717, 1.165) is 55.6 Å². The van der Waals surface area contributed by atoms with E-state index in [0.29, 0.717) is 48.4 Å². The third kappa shape index (κ3) is 9.30. The van der Waals surface area contributed by atoms with Crippen molar-refractivity contribution in [2.24, 2.45) is 5.41 Å². The second kappa shape index (κ2) is 16.1. The number of anilines is 2. The zero-order valence-corrected chi connectivity index (χ0v) is 30.7. The average Bonchev–Trinajstić information content (AvgIpc) is 3.75. The Morgan fingerprint density at radius 1 is 1.02 bits per heavy atom. The molecule has 14 heteroatoms. The molecule has 3 atom stereocenters. The summed E-state index contributed by atoms with van der Waals surface area (Å²) < 4.78 is 27.7. The number of aromatic nitrogens is 7. The summed E-state index contributed by atoms with van der Waals surface area (Å²) in [6.45, 7) is 14.1. The third-order valence-electron chi connectivity index (χ3n) is 9.24. The fourth-order valence-corrected chi connectivity index (χ4v) is 7.10. The molecule has 4 aromatic rings. The van der Waals surface area contributed by atoms with Gasteiger partial charge in [-0.3, -0.25) is 9.58 Å². The average molecular weight is 708 g/mol. The number of halogens is 1. The van der Waals surface area contributed by atoms with Crippen molar-refractivity contribution in [2.45, 2.75) is 97.2 Å². The molecular formula is C36H50ClN9O4. The molecule has 0 bridgehead atoms. The van der Waals surface area contributed by atoms with Crippen LogP contribution in [0.25, 0.3) is 11.1 Å². The summed E-state index contributed by atoms with van der Waals surface area (Å²) in [5.41, 5.74) is 2.26. The van der Waals surface area contributed by atoms with E-state index >= 15 is 0 Å². The van der Waals surface area contributed by atoms with E-state index in [-0.39, 0.29) is 29.8 Å². The Bertz CT molecular complexity index is 1650. The summed E-state index contributed by atoms with van der Waals surface area (Å²) in [5.74, 6) is 1.55. The molecule has 6 rings (SSSR count). The van der Waals surface area contributed by atoms with Crippen molar-refractivity contribution in [1.29, 1.82) is 0 Å². The number of ether oxygens (including phenoxy) is 4. The molecule has 270 valence electrons. The maximum Gasteiger partial charge on any atom is 0.256 e. The van der Waals surface area contributed by atoms with Crippen LogP contribution in [0, 0.1) is 5.41 Å². The highest BCUT2D eigenvalue weighted by Gasteiger charge is 2.32. The normalized spacial score (nSPS) is 22.3. The number of benzene rings is 1. The summed E-state index contributed by atoms with van der Waals surface area (Å²) in [6, 6.07) is 6.51. The van der Waals surface area contributed by atoms with Crippen LogP contribution in [0.2, 0.25) is 5.02 Å². The lowest BCUT2D eigenvalue weighted by Crippen LogP contribution is -2.51. The molecule has 2 aliphatic rings. The first-order valence-electron chi connectivity index (χ1n) is 17.5. The number of methoxy groups -OCH3 is 1. The molecule has 1 aliphatic carbocycles. The van der Waals surface area contributed by atoms with Crippen LogP contribution in [-0.4, -0.2) is 97.2 Å². The Kier molecular flexibility index (Phi) is 11.6. The number of nitrogens with zero attached hydrogens (tertiary/aromatic N) is 8. The second-order valence-corrected chi connectivity index (χ2v) is 14.9. The smallest absolute Gasteiger partial charge is 0.256 e. The zero-order valence-electron chi connectivity index (χ0n) is 30.0. The van der Waals surface area contributed by atoms with Crippen molar-refractivity contribution in [1.82, 2.24) is 39.4 Å². The maximum absolute atomic E-state index is 6.49. The van der Waals surface area contributed by atoms with Crippen molar-refractivity contribution in [3.63, 3.8) is 0 Å². The predicted molar refractivity (Wildman–Crippen MR) is 192 cm³/mol. The van der Waals surface area contributed by atoms with Crippen LogP contribution in [0.15, 0.2) is 49.4 Å². The molecule has 1 saturated carbocycles. The van der Waals surface area contributed by atoms with Crippen molar-refractivity contribution in [3.8, 4) is 22.8 Å². The summed E-state index contributed by atoms with van der Waals surface area (Å²) in [7, 11) is 1.71. The predicted octanol–water partition coefficient (Wildman–Crippen LogP) is 6.44. The highest BCUT2D eigenvalue weighted by Crippen LogP contribution is 2.36. The molecule has 1 aromatic carbocycles. The van der Waals surface area contributed by atoms with Crippen LogP contribution in [0.1, 0.15) is 66.3 Å². The Labute approximate surface area is 299 Å². The molecule has 3 aromatic heterocycles. The molecule has 50 heavy (non-hydrogen) atoms. The largest absolute Gasteiger partial charge is 0.487 e. The van der Waals surface area contributed by atoms with Crippen LogP contribution in [0.4, 0.5) is 11.6 Å². The molecule has 0 amide bonds. The van der Waals surface area contributed by atoms with E-state index in [1.54, 1.807) is 30.5 Å².